The number of carbonyl (C=O) groups is 2. The Bertz CT molecular complexity index is 837. The van der Waals surface area contributed by atoms with Gasteiger partial charge in [0.05, 0.1) is 23.3 Å². The summed E-state index contributed by atoms with van der Waals surface area (Å²) in [6.07, 6.45) is 2.61. The first-order chi connectivity index (χ1) is 12.3. The molecule has 26 heavy (non-hydrogen) atoms. The lowest BCUT2D eigenvalue weighted by molar-refractivity contribution is -0.142. The zero-order valence-corrected chi connectivity index (χ0v) is 16.0. The first-order valence-corrected chi connectivity index (χ1v) is 8.81. The summed E-state index contributed by atoms with van der Waals surface area (Å²) in [6.45, 7) is 4.38. The van der Waals surface area contributed by atoms with Crippen LogP contribution in [0, 0.1) is 19.8 Å². The number of nitrogens with one attached hydrogen (secondary N) is 1. The predicted octanol–water partition coefficient (Wildman–Crippen LogP) is 0.996. The highest BCUT2D eigenvalue weighted by molar-refractivity contribution is 5.84. The summed E-state index contributed by atoms with van der Waals surface area (Å²) in [5.74, 6) is -0.289. The lowest BCUT2D eigenvalue weighted by Crippen LogP contribution is -2.46. The molecular weight excluding hydrogens is 332 g/mol. The smallest absolute Gasteiger partial charge is 0.225 e. The maximum atomic E-state index is 13.0. The van der Waals surface area contributed by atoms with Gasteiger partial charge in [0.15, 0.2) is 0 Å². The van der Waals surface area contributed by atoms with Gasteiger partial charge in [0, 0.05) is 51.6 Å². The second-order valence-corrected chi connectivity index (χ2v) is 6.97. The number of nitrogens with zero attached hydrogens (tertiary/aromatic N) is 5. The third kappa shape index (κ3) is 3.11. The van der Waals surface area contributed by atoms with E-state index in [-0.39, 0.29) is 23.8 Å². The molecule has 0 saturated carbocycles. The van der Waals surface area contributed by atoms with Crippen molar-refractivity contribution in [2.24, 2.45) is 20.0 Å². The molecule has 1 fully saturated rings. The van der Waals surface area contributed by atoms with Crippen LogP contribution in [-0.4, -0.2) is 43.3 Å². The van der Waals surface area contributed by atoms with Crippen molar-refractivity contribution in [1.82, 2.24) is 29.8 Å². The number of carbonyl (C=O) groups excluding carboxylic acids is 2. The van der Waals surface area contributed by atoms with Crippen molar-refractivity contribution in [3.05, 3.63) is 34.9 Å². The van der Waals surface area contributed by atoms with E-state index in [0.29, 0.717) is 19.4 Å². The number of hydrogen-bond acceptors (Lipinski definition) is 4. The van der Waals surface area contributed by atoms with Crippen LogP contribution in [0.25, 0.3) is 0 Å². The molecule has 1 aliphatic heterocycles. The van der Waals surface area contributed by atoms with E-state index in [1.165, 1.54) is 0 Å². The van der Waals surface area contributed by atoms with Gasteiger partial charge in [-0.25, -0.2) is 0 Å². The summed E-state index contributed by atoms with van der Waals surface area (Å²) in [7, 11) is 5.49. The second-order valence-electron chi connectivity index (χ2n) is 6.97. The molecule has 0 bridgehead atoms. The van der Waals surface area contributed by atoms with Crippen LogP contribution in [0.2, 0.25) is 0 Å². The molecule has 0 spiro atoms. The molecule has 3 rings (SSSR count). The number of hydrogen-bond donors (Lipinski definition) is 1. The lowest BCUT2D eigenvalue weighted by atomic mass is 9.86. The number of aromatic nitrogens is 4. The van der Waals surface area contributed by atoms with Gasteiger partial charge in [-0.05, 0) is 26.3 Å². The normalized spacial score (nSPS) is 20.5. The van der Waals surface area contributed by atoms with Gasteiger partial charge < -0.3 is 10.2 Å². The monoisotopic (exact) mass is 358 g/mol. The lowest BCUT2D eigenvalue weighted by Gasteiger charge is -2.38. The minimum atomic E-state index is -0.306. The number of piperidine rings is 1. The largest absolute Gasteiger partial charge is 0.352 e. The van der Waals surface area contributed by atoms with E-state index in [0.717, 1.165) is 22.6 Å². The van der Waals surface area contributed by atoms with Crippen molar-refractivity contribution in [2.75, 3.05) is 7.05 Å². The number of rotatable bonds is 4. The van der Waals surface area contributed by atoms with Crippen molar-refractivity contribution in [3.63, 3.8) is 0 Å². The summed E-state index contributed by atoms with van der Waals surface area (Å²) >= 11 is 0. The highest BCUT2D eigenvalue weighted by Crippen LogP contribution is 2.35. The highest BCUT2D eigenvalue weighted by atomic mass is 16.2. The molecule has 2 amide bonds. The molecule has 1 saturated heterocycles. The first-order valence-electron chi connectivity index (χ1n) is 8.81. The fourth-order valence-corrected chi connectivity index (χ4v) is 3.77. The summed E-state index contributed by atoms with van der Waals surface area (Å²) in [4.78, 5) is 26.8. The van der Waals surface area contributed by atoms with Gasteiger partial charge in [0.25, 0.3) is 0 Å². The van der Waals surface area contributed by atoms with Gasteiger partial charge in [0.2, 0.25) is 11.8 Å². The van der Waals surface area contributed by atoms with Crippen molar-refractivity contribution < 1.29 is 9.59 Å². The minimum absolute atomic E-state index is 0.0433. The van der Waals surface area contributed by atoms with Crippen LogP contribution >= 0.6 is 0 Å². The van der Waals surface area contributed by atoms with Gasteiger partial charge in [-0.3, -0.25) is 19.0 Å². The van der Waals surface area contributed by atoms with E-state index in [1.54, 1.807) is 22.8 Å². The van der Waals surface area contributed by atoms with Gasteiger partial charge >= 0.3 is 0 Å². The van der Waals surface area contributed by atoms with E-state index in [9.17, 15) is 9.59 Å². The summed E-state index contributed by atoms with van der Waals surface area (Å²) in [5.41, 5.74) is 3.87. The fourth-order valence-electron chi connectivity index (χ4n) is 3.77. The summed E-state index contributed by atoms with van der Waals surface area (Å²) in [5, 5.41) is 11.6. The zero-order chi connectivity index (χ0) is 19.0. The maximum Gasteiger partial charge on any atom is 0.225 e. The van der Waals surface area contributed by atoms with Crippen LogP contribution in [0.1, 0.15) is 41.5 Å². The molecule has 1 N–H and O–H groups in total. The van der Waals surface area contributed by atoms with E-state index < -0.39 is 0 Å². The van der Waals surface area contributed by atoms with Gasteiger partial charge in [-0.2, -0.15) is 10.2 Å². The number of amides is 2. The Morgan fingerprint density at radius 2 is 2.00 bits per heavy atom. The van der Waals surface area contributed by atoms with Crippen LogP contribution in [0.3, 0.4) is 0 Å². The molecule has 8 heteroatoms. The Kier molecular flexibility index (Phi) is 4.84. The maximum absolute atomic E-state index is 13.0. The minimum Gasteiger partial charge on any atom is -0.352 e. The van der Waals surface area contributed by atoms with Gasteiger partial charge in [-0.1, -0.05) is 0 Å². The Morgan fingerprint density at radius 3 is 2.58 bits per heavy atom. The van der Waals surface area contributed by atoms with Crippen LogP contribution in [0.5, 0.6) is 0 Å². The zero-order valence-electron chi connectivity index (χ0n) is 16.0. The van der Waals surface area contributed by atoms with Crippen molar-refractivity contribution in [2.45, 2.75) is 39.3 Å². The molecule has 8 nitrogen and oxygen atoms in total. The molecular formula is C18H26N6O2. The molecule has 0 radical (unpaired) electrons. The average molecular weight is 358 g/mol. The topological polar surface area (TPSA) is 85.1 Å². The molecule has 2 aromatic heterocycles. The molecule has 2 atom stereocenters. The molecule has 3 heterocycles. The van der Waals surface area contributed by atoms with Gasteiger partial charge in [-0.15, -0.1) is 0 Å². The second kappa shape index (κ2) is 6.93. The number of likely N-dealkylation sites (tertiary alicyclic amines) is 1. The number of aryl methyl sites for hydroxylation is 3. The molecule has 1 aliphatic rings. The molecule has 0 aliphatic carbocycles. The molecule has 140 valence electrons. The molecule has 0 unspecified atom stereocenters. The van der Waals surface area contributed by atoms with E-state index in [1.807, 2.05) is 38.7 Å². The van der Waals surface area contributed by atoms with Crippen LogP contribution in [-0.2, 0) is 30.2 Å². The molecule has 0 aromatic carbocycles. The van der Waals surface area contributed by atoms with Crippen molar-refractivity contribution in [3.8, 4) is 0 Å². The molecule has 2 aromatic rings. The average Bonchev–Trinajstić information content (AvgIpc) is 3.11. The SMILES string of the molecule is Cc1nn(C)c(C)c1CNC(=O)[C@H]1CCC(=O)N(C)[C@@H]1c1ccnn1C. The van der Waals surface area contributed by atoms with Crippen LogP contribution < -0.4 is 5.32 Å². The Hall–Kier alpha value is -2.64. The Labute approximate surface area is 153 Å². The first kappa shape index (κ1) is 18.2. The van der Waals surface area contributed by atoms with E-state index in [2.05, 4.69) is 15.5 Å². The summed E-state index contributed by atoms with van der Waals surface area (Å²) in [6, 6.07) is 1.56. The van der Waals surface area contributed by atoms with Crippen molar-refractivity contribution >= 4 is 11.8 Å². The third-order valence-corrected chi connectivity index (χ3v) is 5.46. The van der Waals surface area contributed by atoms with Crippen molar-refractivity contribution in [1.29, 1.82) is 0 Å². The summed E-state index contributed by atoms with van der Waals surface area (Å²) < 4.78 is 3.55. The van der Waals surface area contributed by atoms with Crippen LogP contribution in [0.4, 0.5) is 0 Å². The standard InChI is InChI=1S/C18H26N6O2/c1-11-14(12(2)23(4)21-11)10-19-18(26)13-6-7-16(25)22(3)17(13)15-8-9-20-24(15)5/h8-9,13,17H,6-7,10H2,1-5H3,(H,19,26)/t13-,17-/m0/s1. The Balaban J connectivity index is 1.80. The van der Waals surface area contributed by atoms with E-state index in [4.69, 9.17) is 0 Å². The van der Waals surface area contributed by atoms with E-state index >= 15 is 0 Å². The van der Waals surface area contributed by atoms with Gasteiger partial charge in [0.1, 0.15) is 0 Å². The third-order valence-electron chi connectivity index (χ3n) is 5.46. The van der Waals surface area contributed by atoms with Crippen LogP contribution in [0.15, 0.2) is 12.3 Å². The quantitative estimate of drug-likeness (QED) is 0.883. The predicted molar refractivity (Wildman–Crippen MR) is 96.0 cm³/mol. The highest BCUT2D eigenvalue weighted by Gasteiger charge is 2.40. The fraction of sp³-hybridized carbons (Fsp3) is 0.556. The Morgan fingerprint density at radius 1 is 1.27 bits per heavy atom.